The number of aliphatic hydroxyl groups excluding tert-OH is 8. The van der Waals surface area contributed by atoms with Gasteiger partial charge in [-0.15, -0.1) is 0 Å². The molecule has 14 nitrogen and oxygen atoms in total. The molecule has 0 aromatic rings. The van der Waals surface area contributed by atoms with E-state index in [1.807, 2.05) is 0 Å². The van der Waals surface area contributed by atoms with Crippen molar-refractivity contribution in [2.75, 3.05) is 19.8 Å². The second kappa shape index (κ2) is 41.5. The number of carbonyl (C=O) groups is 1. The third-order valence-electron chi connectivity index (χ3n) is 14.3. The van der Waals surface area contributed by atoms with Gasteiger partial charge in [-0.1, -0.05) is 226 Å². The molecule has 2 saturated heterocycles. The van der Waals surface area contributed by atoms with E-state index in [0.29, 0.717) is 12.8 Å². The zero-order valence-corrected chi connectivity index (χ0v) is 43.1. The van der Waals surface area contributed by atoms with Crippen LogP contribution in [-0.4, -0.2) is 140 Å². The average Bonchev–Trinajstić information content (AvgIpc) is 3.34. The van der Waals surface area contributed by atoms with Crippen LogP contribution in [0, 0.1) is 0 Å². The van der Waals surface area contributed by atoms with Crippen LogP contribution in [0.15, 0.2) is 0 Å². The van der Waals surface area contributed by atoms with Crippen molar-refractivity contribution < 1.29 is 64.6 Å². The third kappa shape index (κ3) is 27.7. The van der Waals surface area contributed by atoms with Gasteiger partial charge in [-0.05, 0) is 12.8 Å². The quantitative estimate of drug-likeness (QED) is 0.0261. The predicted octanol–water partition coefficient (Wildman–Crippen LogP) is 8.56. The Morgan fingerprint density at radius 2 is 0.838 bits per heavy atom. The highest BCUT2D eigenvalue weighted by atomic mass is 16.7. The van der Waals surface area contributed by atoms with E-state index in [-0.39, 0.29) is 12.5 Å². The minimum Gasteiger partial charge on any atom is -0.394 e. The normalized spacial score (nSPS) is 26.3. The summed E-state index contributed by atoms with van der Waals surface area (Å²) < 4.78 is 22.6. The standard InChI is InChI=1S/C54H105NO13/c1-3-5-7-9-10-11-12-13-14-15-16-17-18-19-20-21-22-23-24-25-26-27-28-29-30-31-32-33-34-36-38-46(59)55-42(43(58)37-35-8-6-4-2)41-65-53-51(64)49(62)52(45(40-57)67-53)68-54-50(63)48(61)47(60)44(39-56)66-54/h42-45,47-54,56-58,60-64H,3-41H2,1-2H3,(H,55,59). The van der Waals surface area contributed by atoms with E-state index in [1.165, 1.54) is 167 Å². The molecule has 2 rings (SSSR count). The van der Waals surface area contributed by atoms with Crippen LogP contribution in [0.5, 0.6) is 0 Å². The summed E-state index contributed by atoms with van der Waals surface area (Å²) in [4.78, 5) is 13.1. The van der Waals surface area contributed by atoms with E-state index in [0.717, 1.165) is 51.4 Å². The number of unbranched alkanes of at least 4 members (excludes halogenated alkanes) is 32. The Kier molecular flexibility index (Phi) is 38.5. The molecule has 14 heteroatoms. The van der Waals surface area contributed by atoms with Crippen LogP contribution in [0.1, 0.15) is 245 Å². The molecule has 9 N–H and O–H groups in total. The molecule has 12 atom stereocenters. The van der Waals surface area contributed by atoms with Gasteiger partial charge in [0, 0.05) is 6.42 Å². The number of hydrogen-bond donors (Lipinski definition) is 9. The molecular formula is C54H105NO13. The molecule has 1 amide bonds. The maximum Gasteiger partial charge on any atom is 0.220 e. The van der Waals surface area contributed by atoms with E-state index < -0.39 is 86.8 Å². The van der Waals surface area contributed by atoms with Crippen LogP contribution >= 0.6 is 0 Å². The Labute approximate surface area is 413 Å². The molecule has 0 spiro atoms. The maximum absolute atomic E-state index is 13.1. The highest BCUT2D eigenvalue weighted by Gasteiger charge is 2.51. The number of ether oxygens (including phenoxy) is 4. The summed E-state index contributed by atoms with van der Waals surface area (Å²) in [6.07, 6.45) is 28.0. The molecule has 2 heterocycles. The number of carbonyl (C=O) groups excluding carboxylic acids is 1. The lowest BCUT2D eigenvalue weighted by Gasteiger charge is -2.46. The molecule has 2 aliphatic rings. The Morgan fingerprint density at radius 3 is 1.25 bits per heavy atom. The second-order valence-corrected chi connectivity index (χ2v) is 20.4. The molecule has 0 saturated carbocycles. The van der Waals surface area contributed by atoms with Crippen molar-refractivity contribution in [1.29, 1.82) is 0 Å². The summed E-state index contributed by atoms with van der Waals surface area (Å²) in [5, 5.41) is 86.3. The van der Waals surface area contributed by atoms with Crippen molar-refractivity contribution in [3.05, 3.63) is 0 Å². The lowest BCUT2D eigenvalue weighted by molar-refractivity contribution is -0.359. The Bertz CT molecular complexity index is 1150. The fourth-order valence-electron chi connectivity index (χ4n) is 9.71. The molecular weight excluding hydrogens is 871 g/mol. The summed E-state index contributed by atoms with van der Waals surface area (Å²) in [5.74, 6) is -0.210. The Hall–Kier alpha value is -1.01. The summed E-state index contributed by atoms with van der Waals surface area (Å²) in [5.41, 5.74) is 0. The van der Waals surface area contributed by atoms with Gasteiger partial charge in [-0.3, -0.25) is 4.79 Å². The lowest BCUT2D eigenvalue weighted by Crippen LogP contribution is -2.65. The molecule has 68 heavy (non-hydrogen) atoms. The third-order valence-corrected chi connectivity index (χ3v) is 14.3. The van der Waals surface area contributed by atoms with E-state index in [2.05, 4.69) is 19.2 Å². The zero-order chi connectivity index (χ0) is 49.6. The van der Waals surface area contributed by atoms with E-state index >= 15 is 0 Å². The highest BCUT2D eigenvalue weighted by molar-refractivity contribution is 5.76. The number of hydrogen-bond acceptors (Lipinski definition) is 13. The van der Waals surface area contributed by atoms with Crippen molar-refractivity contribution in [1.82, 2.24) is 5.32 Å². The summed E-state index contributed by atoms with van der Waals surface area (Å²) >= 11 is 0. The van der Waals surface area contributed by atoms with Gasteiger partial charge in [0.2, 0.25) is 5.91 Å². The van der Waals surface area contributed by atoms with Crippen molar-refractivity contribution >= 4 is 5.91 Å². The van der Waals surface area contributed by atoms with Crippen LogP contribution < -0.4 is 5.32 Å². The first kappa shape index (κ1) is 63.1. The minimum absolute atomic E-state index is 0.210. The van der Waals surface area contributed by atoms with E-state index in [9.17, 15) is 45.6 Å². The topological polar surface area (TPSA) is 228 Å². The van der Waals surface area contributed by atoms with Gasteiger partial charge in [0.1, 0.15) is 48.8 Å². The van der Waals surface area contributed by atoms with E-state index in [4.69, 9.17) is 18.9 Å². The summed E-state index contributed by atoms with van der Waals surface area (Å²) in [6, 6.07) is -0.818. The SMILES string of the molecule is CCCCCCCCCCCCCCCCCCCCCCCCCCCCCCCCC(=O)NC(COC1OC(CO)C(OC2OC(CO)C(O)C(O)C2O)C(O)C1O)C(O)CCCCCC. The molecule has 2 aliphatic heterocycles. The molecule has 0 bridgehead atoms. The molecule has 0 aromatic heterocycles. The highest BCUT2D eigenvalue weighted by Crippen LogP contribution is 2.30. The smallest absolute Gasteiger partial charge is 0.220 e. The Morgan fingerprint density at radius 1 is 0.471 bits per heavy atom. The Balaban J connectivity index is 1.53. The summed E-state index contributed by atoms with van der Waals surface area (Å²) in [7, 11) is 0. The van der Waals surface area contributed by atoms with Gasteiger partial charge in [0.05, 0.1) is 32.0 Å². The van der Waals surface area contributed by atoms with Crippen LogP contribution in [0.2, 0.25) is 0 Å². The number of aliphatic hydroxyl groups is 8. The van der Waals surface area contributed by atoms with Crippen molar-refractivity contribution in [2.24, 2.45) is 0 Å². The molecule has 2 fully saturated rings. The average molecular weight is 976 g/mol. The number of nitrogens with one attached hydrogen (secondary N) is 1. The molecule has 404 valence electrons. The summed E-state index contributed by atoms with van der Waals surface area (Å²) in [6.45, 7) is 2.74. The van der Waals surface area contributed by atoms with Crippen molar-refractivity contribution in [3.8, 4) is 0 Å². The predicted molar refractivity (Wildman–Crippen MR) is 268 cm³/mol. The molecule has 12 unspecified atom stereocenters. The molecule has 0 aliphatic carbocycles. The van der Waals surface area contributed by atoms with Gasteiger partial charge in [-0.2, -0.15) is 0 Å². The fraction of sp³-hybridized carbons (Fsp3) is 0.981. The van der Waals surface area contributed by atoms with Crippen LogP contribution in [0.3, 0.4) is 0 Å². The first-order chi connectivity index (χ1) is 33.1. The van der Waals surface area contributed by atoms with Gasteiger partial charge in [0.25, 0.3) is 0 Å². The largest absolute Gasteiger partial charge is 0.394 e. The second-order valence-electron chi connectivity index (χ2n) is 20.4. The first-order valence-electron chi connectivity index (χ1n) is 28.3. The van der Waals surface area contributed by atoms with Crippen molar-refractivity contribution in [3.63, 3.8) is 0 Å². The van der Waals surface area contributed by atoms with Gasteiger partial charge >= 0.3 is 0 Å². The van der Waals surface area contributed by atoms with Gasteiger partial charge < -0.3 is 65.1 Å². The lowest BCUT2D eigenvalue weighted by atomic mass is 9.97. The first-order valence-corrected chi connectivity index (χ1v) is 28.3. The van der Waals surface area contributed by atoms with Gasteiger partial charge in [-0.25, -0.2) is 0 Å². The van der Waals surface area contributed by atoms with Crippen LogP contribution in [0.25, 0.3) is 0 Å². The van der Waals surface area contributed by atoms with Crippen LogP contribution in [0.4, 0.5) is 0 Å². The maximum atomic E-state index is 13.1. The van der Waals surface area contributed by atoms with E-state index in [1.54, 1.807) is 0 Å². The minimum atomic E-state index is -1.78. The molecule has 0 radical (unpaired) electrons. The number of amides is 1. The monoisotopic (exact) mass is 976 g/mol. The van der Waals surface area contributed by atoms with Crippen LogP contribution in [-0.2, 0) is 23.7 Å². The zero-order valence-electron chi connectivity index (χ0n) is 43.1. The molecule has 0 aromatic carbocycles. The fourth-order valence-corrected chi connectivity index (χ4v) is 9.71. The van der Waals surface area contributed by atoms with Crippen molar-refractivity contribution in [2.45, 2.75) is 319 Å². The number of rotatable bonds is 45. The van der Waals surface area contributed by atoms with Gasteiger partial charge in [0.15, 0.2) is 12.6 Å².